The summed E-state index contributed by atoms with van der Waals surface area (Å²) in [6, 6.07) is 0. The lowest BCUT2D eigenvalue weighted by Gasteiger charge is -2.36. The van der Waals surface area contributed by atoms with Gasteiger partial charge in [0.15, 0.2) is 5.96 Å². The number of rotatable bonds is 5. The standard InChI is InChI=1S/C18H35N5O.HI/c1-3-19-18(23-15-13-22(14-16-23)17(2)24)20-9-8-12-21-10-6-4-5-7-11-21;/h3-16H2,1-2H3,(H,19,20);1H. The van der Waals surface area contributed by atoms with Crippen molar-refractivity contribution in [2.45, 2.75) is 46.0 Å². The second-order valence-corrected chi connectivity index (χ2v) is 6.84. The van der Waals surface area contributed by atoms with Gasteiger partial charge in [-0.15, -0.1) is 24.0 Å². The molecular weight excluding hydrogens is 429 g/mol. The molecule has 146 valence electrons. The van der Waals surface area contributed by atoms with E-state index in [0.717, 1.165) is 51.6 Å². The first-order chi connectivity index (χ1) is 11.7. The second kappa shape index (κ2) is 12.7. The largest absolute Gasteiger partial charge is 0.357 e. The number of carbonyl (C=O) groups excluding carboxylic acids is 1. The molecule has 0 saturated carbocycles. The fourth-order valence-corrected chi connectivity index (χ4v) is 3.50. The molecular formula is C18H36IN5O. The highest BCUT2D eigenvalue weighted by molar-refractivity contribution is 14.0. The Morgan fingerprint density at radius 3 is 2.12 bits per heavy atom. The number of halogens is 1. The highest BCUT2D eigenvalue weighted by Crippen LogP contribution is 2.10. The van der Waals surface area contributed by atoms with E-state index >= 15 is 0 Å². The van der Waals surface area contributed by atoms with E-state index in [4.69, 9.17) is 4.99 Å². The van der Waals surface area contributed by atoms with E-state index in [2.05, 4.69) is 22.0 Å². The van der Waals surface area contributed by atoms with Crippen LogP contribution < -0.4 is 5.32 Å². The number of carbonyl (C=O) groups is 1. The molecule has 2 fully saturated rings. The average molecular weight is 465 g/mol. The quantitative estimate of drug-likeness (QED) is 0.292. The van der Waals surface area contributed by atoms with Crippen molar-refractivity contribution < 1.29 is 4.79 Å². The smallest absolute Gasteiger partial charge is 0.219 e. The van der Waals surface area contributed by atoms with Crippen molar-refractivity contribution in [3.05, 3.63) is 0 Å². The number of hydrogen-bond acceptors (Lipinski definition) is 3. The molecule has 0 atom stereocenters. The molecule has 0 aliphatic carbocycles. The molecule has 2 aliphatic heterocycles. The summed E-state index contributed by atoms with van der Waals surface area (Å²) in [5.41, 5.74) is 0. The predicted octanol–water partition coefficient (Wildman–Crippen LogP) is 2.00. The zero-order chi connectivity index (χ0) is 17.2. The van der Waals surface area contributed by atoms with Crippen molar-refractivity contribution in [2.24, 2.45) is 4.99 Å². The molecule has 2 aliphatic rings. The molecule has 1 amide bonds. The summed E-state index contributed by atoms with van der Waals surface area (Å²) in [6.07, 6.45) is 6.62. The van der Waals surface area contributed by atoms with Gasteiger partial charge in [0.1, 0.15) is 0 Å². The van der Waals surface area contributed by atoms with Gasteiger partial charge in [-0.1, -0.05) is 12.8 Å². The van der Waals surface area contributed by atoms with E-state index in [-0.39, 0.29) is 29.9 Å². The average Bonchev–Trinajstić information content (AvgIpc) is 2.86. The van der Waals surface area contributed by atoms with Crippen LogP contribution in [-0.2, 0) is 4.79 Å². The Morgan fingerprint density at radius 1 is 0.960 bits per heavy atom. The normalized spacial score (nSPS) is 20.0. The van der Waals surface area contributed by atoms with Gasteiger partial charge in [-0.05, 0) is 45.8 Å². The highest BCUT2D eigenvalue weighted by Gasteiger charge is 2.20. The molecule has 0 radical (unpaired) electrons. The summed E-state index contributed by atoms with van der Waals surface area (Å²) in [7, 11) is 0. The van der Waals surface area contributed by atoms with Gasteiger partial charge < -0.3 is 20.0 Å². The van der Waals surface area contributed by atoms with Crippen LogP contribution in [0.3, 0.4) is 0 Å². The molecule has 2 rings (SSSR count). The number of amides is 1. The number of hydrogen-bond donors (Lipinski definition) is 1. The van der Waals surface area contributed by atoms with Crippen LogP contribution in [0, 0.1) is 0 Å². The van der Waals surface area contributed by atoms with Crippen LogP contribution in [0.25, 0.3) is 0 Å². The van der Waals surface area contributed by atoms with Gasteiger partial charge >= 0.3 is 0 Å². The molecule has 6 nitrogen and oxygen atoms in total. The van der Waals surface area contributed by atoms with E-state index in [1.807, 2.05) is 4.90 Å². The van der Waals surface area contributed by atoms with E-state index < -0.39 is 0 Å². The molecule has 25 heavy (non-hydrogen) atoms. The van der Waals surface area contributed by atoms with Crippen molar-refractivity contribution >= 4 is 35.8 Å². The van der Waals surface area contributed by atoms with Crippen LogP contribution in [0.4, 0.5) is 0 Å². The maximum absolute atomic E-state index is 11.4. The predicted molar refractivity (Wildman–Crippen MR) is 115 cm³/mol. The summed E-state index contributed by atoms with van der Waals surface area (Å²) in [5, 5.41) is 3.40. The number of nitrogens with zero attached hydrogens (tertiary/aromatic N) is 4. The maximum atomic E-state index is 11.4. The number of nitrogens with one attached hydrogen (secondary N) is 1. The molecule has 0 aromatic carbocycles. The third-order valence-electron chi connectivity index (χ3n) is 4.95. The summed E-state index contributed by atoms with van der Waals surface area (Å²) < 4.78 is 0. The Balaban J connectivity index is 0.00000312. The highest BCUT2D eigenvalue weighted by atomic mass is 127. The molecule has 0 aromatic heterocycles. The van der Waals surface area contributed by atoms with Gasteiger partial charge in [0.25, 0.3) is 0 Å². The Labute approximate surface area is 170 Å². The van der Waals surface area contributed by atoms with E-state index in [1.165, 1.54) is 45.3 Å². The number of guanidine groups is 1. The first-order valence-electron chi connectivity index (χ1n) is 9.72. The molecule has 2 heterocycles. The minimum Gasteiger partial charge on any atom is -0.357 e. The van der Waals surface area contributed by atoms with Crippen molar-refractivity contribution in [2.75, 3.05) is 58.9 Å². The minimum absolute atomic E-state index is 0. The van der Waals surface area contributed by atoms with Gasteiger partial charge in [0, 0.05) is 46.2 Å². The topological polar surface area (TPSA) is 51.2 Å². The number of aliphatic imine (C=N–C) groups is 1. The van der Waals surface area contributed by atoms with Gasteiger partial charge in [-0.25, -0.2) is 0 Å². The molecule has 0 bridgehead atoms. The lowest BCUT2D eigenvalue weighted by atomic mass is 10.2. The number of likely N-dealkylation sites (tertiary alicyclic amines) is 1. The van der Waals surface area contributed by atoms with E-state index in [0.29, 0.717) is 0 Å². The zero-order valence-electron chi connectivity index (χ0n) is 16.0. The fourth-order valence-electron chi connectivity index (χ4n) is 3.50. The van der Waals surface area contributed by atoms with E-state index in [1.54, 1.807) is 6.92 Å². The number of piperazine rings is 1. The zero-order valence-corrected chi connectivity index (χ0v) is 18.3. The lowest BCUT2D eigenvalue weighted by Crippen LogP contribution is -2.53. The van der Waals surface area contributed by atoms with Gasteiger partial charge in [0.2, 0.25) is 5.91 Å². The Kier molecular flexibility index (Phi) is 11.4. The summed E-state index contributed by atoms with van der Waals surface area (Å²) >= 11 is 0. The van der Waals surface area contributed by atoms with Gasteiger partial charge in [0.05, 0.1) is 0 Å². The van der Waals surface area contributed by atoms with Crippen LogP contribution >= 0.6 is 24.0 Å². The van der Waals surface area contributed by atoms with Crippen molar-refractivity contribution in [1.29, 1.82) is 0 Å². The van der Waals surface area contributed by atoms with Crippen molar-refractivity contribution in [1.82, 2.24) is 20.0 Å². The fraction of sp³-hybridized carbons (Fsp3) is 0.889. The summed E-state index contributed by atoms with van der Waals surface area (Å²) in [6.45, 7) is 12.6. The first-order valence-corrected chi connectivity index (χ1v) is 9.72. The monoisotopic (exact) mass is 465 g/mol. The van der Waals surface area contributed by atoms with Crippen molar-refractivity contribution in [3.63, 3.8) is 0 Å². The van der Waals surface area contributed by atoms with Crippen LogP contribution in [0.1, 0.15) is 46.0 Å². The maximum Gasteiger partial charge on any atom is 0.219 e. The molecule has 7 heteroatoms. The van der Waals surface area contributed by atoms with Crippen LogP contribution in [0.5, 0.6) is 0 Å². The summed E-state index contributed by atoms with van der Waals surface area (Å²) in [4.78, 5) is 23.1. The SMILES string of the molecule is CCNC(=NCCCN1CCCCCC1)N1CCN(C(C)=O)CC1.I. The Hall–Kier alpha value is -0.570. The third kappa shape index (κ3) is 8.11. The van der Waals surface area contributed by atoms with Crippen LogP contribution in [0.2, 0.25) is 0 Å². The molecule has 1 N–H and O–H groups in total. The van der Waals surface area contributed by atoms with Crippen molar-refractivity contribution in [3.8, 4) is 0 Å². The molecule has 2 saturated heterocycles. The molecule has 0 aromatic rings. The van der Waals surface area contributed by atoms with E-state index in [9.17, 15) is 4.79 Å². The lowest BCUT2D eigenvalue weighted by molar-refractivity contribution is -0.130. The van der Waals surface area contributed by atoms with Gasteiger partial charge in [-0.3, -0.25) is 9.79 Å². The first kappa shape index (κ1) is 22.5. The summed E-state index contributed by atoms with van der Waals surface area (Å²) in [5.74, 6) is 1.19. The second-order valence-electron chi connectivity index (χ2n) is 6.84. The molecule has 0 spiro atoms. The molecule has 0 unspecified atom stereocenters. The van der Waals surface area contributed by atoms with Gasteiger partial charge in [-0.2, -0.15) is 0 Å². The minimum atomic E-state index is 0. The van der Waals surface area contributed by atoms with Crippen LogP contribution in [-0.4, -0.2) is 85.5 Å². The van der Waals surface area contributed by atoms with Crippen LogP contribution in [0.15, 0.2) is 4.99 Å². The third-order valence-corrected chi connectivity index (χ3v) is 4.95. The Morgan fingerprint density at radius 2 is 1.56 bits per heavy atom. The Bertz CT molecular complexity index is 402.